The molecule has 6 saturated carbocycles. The summed E-state index contributed by atoms with van der Waals surface area (Å²) < 4.78 is 6.19. The van der Waals surface area contributed by atoms with Crippen LogP contribution in [0.4, 0.5) is 0 Å². The normalized spacial score (nSPS) is 46.6. The number of hydrogen-bond acceptors (Lipinski definition) is 5. The van der Waals surface area contributed by atoms with Gasteiger partial charge in [-0.25, -0.2) is 4.79 Å². The lowest BCUT2D eigenvalue weighted by Gasteiger charge is -2.65. The standard InChI is InChI=1S/C39H54O5/c1-23(2)26-13-17-37(22-40)19-20-38-24(3)39(38)18-14-30-35(4,5)32(15-16-36(30,6)31(39)11-9-27(38)34(26)37)44-33(43)12-8-25-7-10-28(41)29(42)21-25/h7-8,10,12,21,24,26-27,30-32,34,40-42H,1,9,11,13-20,22H2,2-6H3/t24-,26?,27?,30?,31?,32?,34?,36+,37?,38-,39+/m1/s1. The summed E-state index contributed by atoms with van der Waals surface area (Å²) >= 11 is 0. The minimum Gasteiger partial charge on any atom is -0.504 e. The van der Waals surface area contributed by atoms with Gasteiger partial charge in [-0.1, -0.05) is 45.9 Å². The van der Waals surface area contributed by atoms with Gasteiger partial charge in [0.1, 0.15) is 6.10 Å². The van der Waals surface area contributed by atoms with Crippen molar-refractivity contribution in [2.75, 3.05) is 6.61 Å². The molecule has 0 saturated heterocycles. The van der Waals surface area contributed by atoms with Crippen LogP contribution in [0.15, 0.2) is 36.4 Å². The van der Waals surface area contributed by atoms with Crippen molar-refractivity contribution in [1.82, 2.24) is 0 Å². The van der Waals surface area contributed by atoms with Crippen molar-refractivity contribution in [3.05, 3.63) is 42.0 Å². The highest BCUT2D eigenvalue weighted by Gasteiger charge is 2.85. The Bertz CT molecular complexity index is 1390. The summed E-state index contributed by atoms with van der Waals surface area (Å²) in [5.41, 5.74) is 3.05. The molecule has 6 fully saturated rings. The average Bonchev–Trinajstić information content (AvgIpc) is 3.28. The summed E-state index contributed by atoms with van der Waals surface area (Å²) in [5, 5.41) is 30.2. The van der Waals surface area contributed by atoms with E-state index in [2.05, 4.69) is 41.2 Å². The summed E-state index contributed by atoms with van der Waals surface area (Å²) in [4.78, 5) is 13.0. The van der Waals surface area contributed by atoms with Gasteiger partial charge in [0.05, 0.1) is 0 Å². The number of fused-ring (bicyclic) bond motifs is 4. The highest BCUT2D eigenvalue weighted by molar-refractivity contribution is 5.87. The largest absolute Gasteiger partial charge is 0.504 e. The molecule has 0 bridgehead atoms. The van der Waals surface area contributed by atoms with Crippen molar-refractivity contribution in [3.8, 4) is 11.5 Å². The second kappa shape index (κ2) is 9.86. The number of carbonyl (C=O) groups is 1. The molecule has 5 nitrogen and oxygen atoms in total. The minimum atomic E-state index is -0.347. The van der Waals surface area contributed by atoms with Crippen LogP contribution in [0, 0.1) is 62.6 Å². The van der Waals surface area contributed by atoms with E-state index in [1.165, 1.54) is 75.1 Å². The fourth-order valence-electron chi connectivity index (χ4n) is 14.0. The molecule has 0 amide bonds. The highest BCUT2D eigenvalue weighted by atomic mass is 16.5. The summed E-state index contributed by atoms with van der Waals surface area (Å²) in [7, 11) is 0. The zero-order chi connectivity index (χ0) is 31.4. The third-order valence-corrected chi connectivity index (χ3v) is 15.7. The number of aliphatic hydroxyl groups is 1. The van der Waals surface area contributed by atoms with Crippen molar-refractivity contribution in [2.24, 2.45) is 62.6 Å². The number of allylic oxidation sites excluding steroid dienone is 1. The maximum absolute atomic E-state index is 13.0. The number of esters is 1. The van der Waals surface area contributed by atoms with E-state index in [9.17, 15) is 20.1 Å². The van der Waals surface area contributed by atoms with Gasteiger partial charge in [-0.15, -0.1) is 0 Å². The zero-order valence-corrected chi connectivity index (χ0v) is 27.6. The van der Waals surface area contributed by atoms with Gasteiger partial charge < -0.3 is 20.1 Å². The number of rotatable bonds is 5. The van der Waals surface area contributed by atoms with Crippen molar-refractivity contribution in [2.45, 2.75) is 105 Å². The summed E-state index contributed by atoms with van der Waals surface area (Å²) in [5.74, 6) is 3.11. The summed E-state index contributed by atoms with van der Waals surface area (Å²) in [6.07, 6.45) is 14.9. The van der Waals surface area contributed by atoms with Gasteiger partial charge in [0, 0.05) is 18.1 Å². The van der Waals surface area contributed by atoms with Gasteiger partial charge in [0.15, 0.2) is 11.5 Å². The fraction of sp³-hybridized carbons (Fsp3) is 0.718. The monoisotopic (exact) mass is 602 g/mol. The Morgan fingerprint density at radius 1 is 0.955 bits per heavy atom. The second-order valence-electron chi connectivity index (χ2n) is 17.0. The van der Waals surface area contributed by atoms with E-state index < -0.39 is 0 Å². The van der Waals surface area contributed by atoms with Crippen LogP contribution in [0.3, 0.4) is 0 Å². The first-order valence-electron chi connectivity index (χ1n) is 17.5. The van der Waals surface area contributed by atoms with Crippen LogP contribution < -0.4 is 0 Å². The van der Waals surface area contributed by atoms with E-state index in [0.717, 1.165) is 18.8 Å². The first-order chi connectivity index (χ1) is 20.8. The summed E-state index contributed by atoms with van der Waals surface area (Å²) in [6.45, 7) is 16.9. The third-order valence-electron chi connectivity index (χ3n) is 15.7. The van der Waals surface area contributed by atoms with Gasteiger partial charge in [0.2, 0.25) is 0 Å². The molecule has 0 heterocycles. The maximum Gasteiger partial charge on any atom is 0.331 e. The Morgan fingerprint density at radius 2 is 1.73 bits per heavy atom. The van der Waals surface area contributed by atoms with Crippen molar-refractivity contribution in [1.29, 1.82) is 0 Å². The molecule has 0 aromatic heterocycles. The van der Waals surface area contributed by atoms with Crippen LogP contribution in [0.25, 0.3) is 6.08 Å². The van der Waals surface area contributed by atoms with Gasteiger partial charge in [-0.3, -0.25) is 0 Å². The molecule has 1 aromatic carbocycles. The number of benzene rings is 1. The fourth-order valence-corrected chi connectivity index (χ4v) is 14.0. The molecule has 2 spiro atoms. The van der Waals surface area contributed by atoms with E-state index >= 15 is 0 Å². The molecular formula is C39H54O5. The maximum atomic E-state index is 13.0. The highest BCUT2D eigenvalue weighted by Crippen LogP contribution is 2.91. The van der Waals surface area contributed by atoms with Gasteiger partial charge in [-0.2, -0.15) is 0 Å². The van der Waals surface area contributed by atoms with E-state index in [-0.39, 0.29) is 39.8 Å². The smallest absolute Gasteiger partial charge is 0.331 e. The topological polar surface area (TPSA) is 87.0 Å². The molecule has 240 valence electrons. The molecule has 7 unspecified atom stereocenters. The molecule has 44 heavy (non-hydrogen) atoms. The van der Waals surface area contributed by atoms with Crippen LogP contribution in [0.1, 0.15) is 104 Å². The molecule has 0 aliphatic heterocycles. The number of hydrogen-bond donors (Lipinski definition) is 3. The van der Waals surface area contributed by atoms with E-state index in [1.54, 1.807) is 12.1 Å². The van der Waals surface area contributed by atoms with E-state index in [1.807, 2.05) is 0 Å². The number of phenols is 2. The molecule has 6 aliphatic carbocycles. The predicted molar refractivity (Wildman–Crippen MR) is 173 cm³/mol. The molecule has 6 aliphatic rings. The van der Waals surface area contributed by atoms with Crippen LogP contribution in [0.2, 0.25) is 0 Å². The molecule has 5 heteroatoms. The molecule has 1 aromatic rings. The SMILES string of the molecule is C=C(C)C1CCC2(CO)CC[C@@]34C(CCC5[C@@]6(C)CCC(OC(=O)C=Cc7ccc(O)c(O)c7)C(C)(C)C6CC[C@]53[C@@H]4C)C12. The molecule has 7 rings (SSSR count). The minimum absolute atomic E-state index is 0.109. The first kappa shape index (κ1) is 30.4. The Morgan fingerprint density at radius 3 is 2.43 bits per heavy atom. The Labute approximate surface area is 264 Å². The quantitative estimate of drug-likeness (QED) is 0.137. The molecule has 3 N–H and O–H groups in total. The Hall–Kier alpha value is -2.27. The van der Waals surface area contributed by atoms with E-state index in [4.69, 9.17) is 4.74 Å². The molecular weight excluding hydrogens is 548 g/mol. The van der Waals surface area contributed by atoms with Crippen molar-refractivity contribution < 1.29 is 24.9 Å². The van der Waals surface area contributed by atoms with Crippen LogP contribution in [-0.4, -0.2) is 34.0 Å². The predicted octanol–water partition coefficient (Wildman–Crippen LogP) is 8.28. The zero-order valence-electron chi connectivity index (χ0n) is 27.6. The van der Waals surface area contributed by atoms with E-state index in [0.29, 0.717) is 52.6 Å². The van der Waals surface area contributed by atoms with Crippen LogP contribution >= 0.6 is 0 Å². The van der Waals surface area contributed by atoms with Gasteiger partial charge in [-0.05, 0) is 152 Å². The lowest BCUT2D eigenvalue weighted by molar-refractivity contribution is -0.198. The summed E-state index contributed by atoms with van der Waals surface area (Å²) in [6, 6.07) is 4.52. The number of ether oxygens (including phenoxy) is 1. The van der Waals surface area contributed by atoms with Gasteiger partial charge >= 0.3 is 5.97 Å². The van der Waals surface area contributed by atoms with Gasteiger partial charge in [0.25, 0.3) is 0 Å². The number of carbonyl (C=O) groups excluding carboxylic acids is 1. The second-order valence-corrected chi connectivity index (χ2v) is 17.0. The van der Waals surface area contributed by atoms with Crippen LogP contribution in [0.5, 0.6) is 11.5 Å². The number of aromatic hydroxyl groups is 2. The average molecular weight is 603 g/mol. The van der Waals surface area contributed by atoms with Crippen molar-refractivity contribution >= 4 is 12.0 Å². The first-order valence-corrected chi connectivity index (χ1v) is 17.5. The number of phenolic OH excluding ortho intramolecular Hbond substituents is 2. The Kier molecular flexibility index (Phi) is 6.81. The molecule has 11 atom stereocenters. The Balaban J connectivity index is 1.12. The lowest BCUT2D eigenvalue weighted by Crippen LogP contribution is -2.60. The lowest BCUT2D eigenvalue weighted by atomic mass is 9.40. The van der Waals surface area contributed by atoms with Crippen molar-refractivity contribution in [3.63, 3.8) is 0 Å². The molecule has 0 radical (unpaired) electrons. The third kappa shape index (κ3) is 3.77. The van der Waals surface area contributed by atoms with Crippen LogP contribution in [-0.2, 0) is 9.53 Å². The number of aliphatic hydroxyl groups excluding tert-OH is 1.